The summed E-state index contributed by atoms with van der Waals surface area (Å²) in [5.74, 6) is 0.155. The normalized spacial score (nSPS) is 12.4. The van der Waals surface area contributed by atoms with Crippen molar-refractivity contribution in [2.75, 3.05) is 0 Å². The first-order valence-corrected chi connectivity index (χ1v) is 7.89. The van der Waals surface area contributed by atoms with Crippen molar-refractivity contribution >= 4 is 28.8 Å². The quantitative estimate of drug-likeness (QED) is 0.868. The first-order valence-electron chi connectivity index (χ1n) is 6.63. The molecule has 1 amide bonds. The molecule has 0 aliphatic carbocycles. The van der Waals surface area contributed by atoms with Gasteiger partial charge < -0.3 is 5.32 Å². The van der Waals surface area contributed by atoms with Gasteiger partial charge >= 0.3 is 0 Å². The molecule has 1 aromatic carbocycles. The van der Waals surface area contributed by atoms with Gasteiger partial charge in [0.25, 0.3) is 0 Å². The summed E-state index contributed by atoms with van der Waals surface area (Å²) in [6.45, 7) is 4.71. The third-order valence-corrected chi connectivity index (χ3v) is 4.32. The lowest BCUT2D eigenvalue weighted by atomic mass is 9.87. The van der Waals surface area contributed by atoms with Gasteiger partial charge in [-0.3, -0.25) is 4.79 Å². The van der Waals surface area contributed by atoms with Gasteiger partial charge in [0.1, 0.15) is 0 Å². The highest BCUT2D eigenvalue weighted by atomic mass is 35.5. The smallest absolute Gasteiger partial charge is 0.228 e. The van der Waals surface area contributed by atoms with E-state index in [1.807, 2.05) is 41.8 Å². The summed E-state index contributed by atoms with van der Waals surface area (Å²) in [6.07, 6.45) is 0. The minimum Gasteiger partial charge on any atom is -0.351 e. The van der Waals surface area contributed by atoms with Crippen LogP contribution in [0.1, 0.15) is 30.2 Å². The van der Waals surface area contributed by atoms with Gasteiger partial charge in [-0.25, -0.2) is 0 Å². The Balaban J connectivity index is 2.08. The first kappa shape index (κ1) is 15.1. The summed E-state index contributed by atoms with van der Waals surface area (Å²) < 4.78 is 0. The molecule has 106 valence electrons. The zero-order valence-electron chi connectivity index (χ0n) is 11.6. The summed E-state index contributed by atoms with van der Waals surface area (Å²) in [4.78, 5) is 13.6. The van der Waals surface area contributed by atoms with Crippen LogP contribution in [0.15, 0.2) is 41.8 Å². The fourth-order valence-corrected chi connectivity index (χ4v) is 2.98. The predicted octanol–water partition coefficient (Wildman–Crippen LogP) is 4.46. The van der Waals surface area contributed by atoms with E-state index in [0.29, 0.717) is 11.6 Å². The van der Waals surface area contributed by atoms with Crippen LogP contribution in [0.5, 0.6) is 0 Å². The number of carbonyl (C=O) groups is 1. The van der Waals surface area contributed by atoms with Gasteiger partial charge in [-0.05, 0) is 35.1 Å². The molecule has 4 heteroatoms. The molecule has 0 saturated carbocycles. The summed E-state index contributed by atoms with van der Waals surface area (Å²) in [5.41, 5.74) is 1.01. The van der Waals surface area contributed by atoms with E-state index >= 15 is 0 Å². The zero-order valence-corrected chi connectivity index (χ0v) is 13.2. The van der Waals surface area contributed by atoms with Crippen molar-refractivity contribution in [3.63, 3.8) is 0 Å². The molecule has 1 atom stereocenters. The van der Waals surface area contributed by atoms with Crippen LogP contribution in [0.4, 0.5) is 0 Å². The van der Waals surface area contributed by atoms with Gasteiger partial charge in [-0.15, -0.1) is 11.3 Å². The SMILES string of the molecule is CC(C)[C@@H](C(=O)NCc1cccs1)c1ccc(Cl)cc1. The van der Waals surface area contributed by atoms with Crippen LogP contribution in [0, 0.1) is 5.92 Å². The van der Waals surface area contributed by atoms with Gasteiger partial charge in [0, 0.05) is 9.90 Å². The van der Waals surface area contributed by atoms with E-state index in [0.717, 1.165) is 10.4 Å². The molecular weight excluding hydrogens is 290 g/mol. The minimum absolute atomic E-state index is 0.0655. The number of hydrogen-bond acceptors (Lipinski definition) is 2. The second-order valence-electron chi connectivity index (χ2n) is 5.07. The standard InChI is InChI=1S/C16H18ClNOS/c1-11(2)15(12-5-7-13(17)8-6-12)16(19)18-10-14-4-3-9-20-14/h3-9,11,15H,10H2,1-2H3,(H,18,19)/t15-/m1/s1. The molecule has 0 fully saturated rings. The molecule has 0 aliphatic heterocycles. The molecule has 0 radical (unpaired) electrons. The van der Waals surface area contributed by atoms with Crippen LogP contribution in [-0.4, -0.2) is 5.91 Å². The summed E-state index contributed by atoms with van der Waals surface area (Å²) in [7, 11) is 0. The van der Waals surface area contributed by atoms with E-state index in [2.05, 4.69) is 19.2 Å². The topological polar surface area (TPSA) is 29.1 Å². The highest BCUT2D eigenvalue weighted by molar-refractivity contribution is 7.09. The van der Waals surface area contributed by atoms with Crippen LogP contribution in [0.3, 0.4) is 0 Å². The Morgan fingerprint density at radius 2 is 1.95 bits per heavy atom. The number of hydrogen-bond donors (Lipinski definition) is 1. The predicted molar refractivity (Wildman–Crippen MR) is 85.2 cm³/mol. The van der Waals surface area contributed by atoms with Gasteiger partial charge in [0.05, 0.1) is 12.5 Å². The van der Waals surface area contributed by atoms with Crippen molar-refractivity contribution in [1.82, 2.24) is 5.32 Å². The first-order chi connectivity index (χ1) is 9.58. The number of benzene rings is 1. The van der Waals surface area contributed by atoms with Crippen molar-refractivity contribution < 1.29 is 4.79 Å². The average molecular weight is 308 g/mol. The van der Waals surface area contributed by atoms with E-state index < -0.39 is 0 Å². The van der Waals surface area contributed by atoms with E-state index in [1.54, 1.807) is 11.3 Å². The largest absolute Gasteiger partial charge is 0.351 e. The van der Waals surface area contributed by atoms with Gasteiger partial charge in [0.2, 0.25) is 5.91 Å². The lowest BCUT2D eigenvalue weighted by Gasteiger charge is -2.20. The number of halogens is 1. The van der Waals surface area contributed by atoms with E-state index in [4.69, 9.17) is 11.6 Å². The van der Waals surface area contributed by atoms with Crippen LogP contribution in [-0.2, 0) is 11.3 Å². The van der Waals surface area contributed by atoms with Crippen molar-refractivity contribution in [3.8, 4) is 0 Å². The maximum Gasteiger partial charge on any atom is 0.228 e. The Kier molecular flexibility index (Phi) is 5.21. The highest BCUT2D eigenvalue weighted by Gasteiger charge is 2.23. The van der Waals surface area contributed by atoms with Crippen LogP contribution in [0.25, 0.3) is 0 Å². The number of thiophene rings is 1. The molecule has 2 nitrogen and oxygen atoms in total. The minimum atomic E-state index is -0.146. The average Bonchev–Trinajstić information content (AvgIpc) is 2.92. The molecular formula is C16H18ClNOS. The molecule has 0 aliphatic rings. The van der Waals surface area contributed by atoms with Gasteiger partial charge in [0.15, 0.2) is 0 Å². The Bertz CT molecular complexity index is 548. The lowest BCUT2D eigenvalue weighted by molar-refractivity contribution is -0.123. The van der Waals surface area contributed by atoms with E-state index in [9.17, 15) is 4.79 Å². The van der Waals surface area contributed by atoms with Crippen molar-refractivity contribution in [2.45, 2.75) is 26.3 Å². The number of amides is 1. The zero-order chi connectivity index (χ0) is 14.5. The molecule has 2 rings (SSSR count). The Hall–Kier alpha value is -1.32. The van der Waals surface area contributed by atoms with Crippen molar-refractivity contribution in [3.05, 3.63) is 57.2 Å². The van der Waals surface area contributed by atoms with Crippen LogP contribution in [0.2, 0.25) is 5.02 Å². The van der Waals surface area contributed by atoms with Gasteiger partial charge in [-0.1, -0.05) is 43.6 Å². The lowest BCUT2D eigenvalue weighted by Crippen LogP contribution is -2.31. The molecule has 1 N–H and O–H groups in total. The Morgan fingerprint density at radius 1 is 1.25 bits per heavy atom. The van der Waals surface area contributed by atoms with E-state index in [-0.39, 0.29) is 17.7 Å². The second kappa shape index (κ2) is 6.91. The molecule has 0 spiro atoms. The monoisotopic (exact) mass is 307 g/mol. The maximum atomic E-state index is 12.4. The fraction of sp³-hybridized carbons (Fsp3) is 0.312. The summed E-state index contributed by atoms with van der Waals surface area (Å²) in [5, 5.41) is 5.72. The molecule has 0 bridgehead atoms. The summed E-state index contributed by atoms with van der Waals surface area (Å²) in [6, 6.07) is 11.5. The van der Waals surface area contributed by atoms with Crippen molar-refractivity contribution in [2.24, 2.45) is 5.92 Å². The third-order valence-electron chi connectivity index (χ3n) is 3.20. The molecule has 2 aromatic rings. The van der Waals surface area contributed by atoms with Gasteiger partial charge in [-0.2, -0.15) is 0 Å². The summed E-state index contributed by atoms with van der Waals surface area (Å²) >= 11 is 7.56. The van der Waals surface area contributed by atoms with Crippen molar-refractivity contribution in [1.29, 1.82) is 0 Å². The molecule has 1 aromatic heterocycles. The second-order valence-corrected chi connectivity index (χ2v) is 6.54. The highest BCUT2D eigenvalue weighted by Crippen LogP contribution is 2.26. The number of nitrogens with one attached hydrogen (secondary N) is 1. The molecule has 0 unspecified atom stereocenters. The molecule has 0 saturated heterocycles. The Morgan fingerprint density at radius 3 is 2.50 bits per heavy atom. The molecule has 20 heavy (non-hydrogen) atoms. The Labute approximate surface area is 128 Å². The maximum absolute atomic E-state index is 12.4. The van der Waals surface area contributed by atoms with Crippen LogP contribution < -0.4 is 5.32 Å². The molecule has 1 heterocycles. The number of rotatable bonds is 5. The van der Waals surface area contributed by atoms with Crippen LogP contribution >= 0.6 is 22.9 Å². The number of carbonyl (C=O) groups excluding carboxylic acids is 1. The van der Waals surface area contributed by atoms with E-state index in [1.165, 1.54) is 0 Å². The fourth-order valence-electron chi connectivity index (χ4n) is 2.21. The third kappa shape index (κ3) is 3.84.